The molecule has 0 fully saturated rings. The molecule has 2 aromatic rings. The summed E-state index contributed by atoms with van der Waals surface area (Å²) in [6.07, 6.45) is 0. The maximum absolute atomic E-state index is 14.1. The molecule has 0 saturated carbocycles. The number of rotatable bonds is 4. The number of nitrogens with zero attached hydrogens (tertiary/aromatic N) is 4. The number of carbonyl (C=O) groups is 3. The Morgan fingerprint density at radius 3 is 2.06 bits per heavy atom. The fraction of sp³-hybridized carbons (Fsp3) is 0.200. The number of carbonyl (C=O) groups excluding carboxylic acids is 3. The number of methoxy groups -OCH3 is 2. The van der Waals surface area contributed by atoms with Gasteiger partial charge >= 0.3 is 11.9 Å². The predicted molar refractivity (Wildman–Crippen MR) is 126 cm³/mol. The Labute approximate surface area is 201 Å². The normalized spacial score (nSPS) is 21.7. The quantitative estimate of drug-likeness (QED) is 0.677. The zero-order valence-corrected chi connectivity index (χ0v) is 19.2. The van der Waals surface area contributed by atoms with Crippen molar-refractivity contribution in [2.45, 2.75) is 6.92 Å². The van der Waals surface area contributed by atoms with Crippen molar-refractivity contribution in [3.8, 4) is 6.07 Å². The molecule has 0 aliphatic carbocycles. The zero-order valence-electron chi connectivity index (χ0n) is 19.2. The third-order valence-electron chi connectivity index (χ3n) is 6.07. The molecular formula is C25H21N5O5. The third-order valence-corrected chi connectivity index (χ3v) is 6.07. The molecule has 1 N–H and O–H groups in total. The molecule has 1 spiro atoms. The SMILES string of the molecule is COC(=O)C1=C(C(=O)OC)C2(C(=O)N(c3ccccc3)N=C2C)C(C#N)C(=N)N1c1ccccc1. The fourth-order valence-corrected chi connectivity index (χ4v) is 4.51. The van der Waals surface area contributed by atoms with Gasteiger partial charge in [-0.3, -0.25) is 15.1 Å². The van der Waals surface area contributed by atoms with Crippen LogP contribution in [0.15, 0.2) is 77.0 Å². The summed E-state index contributed by atoms with van der Waals surface area (Å²) in [7, 11) is 2.22. The van der Waals surface area contributed by atoms with Gasteiger partial charge in [0.2, 0.25) is 0 Å². The van der Waals surface area contributed by atoms with Gasteiger partial charge in [-0.05, 0) is 31.2 Å². The highest BCUT2D eigenvalue weighted by Gasteiger charge is 2.66. The van der Waals surface area contributed by atoms with Crippen molar-refractivity contribution in [2.75, 3.05) is 24.1 Å². The van der Waals surface area contributed by atoms with E-state index >= 15 is 0 Å². The summed E-state index contributed by atoms with van der Waals surface area (Å²) in [4.78, 5) is 41.7. The van der Waals surface area contributed by atoms with E-state index in [-0.39, 0.29) is 17.2 Å². The molecule has 0 bridgehead atoms. The van der Waals surface area contributed by atoms with Crippen molar-refractivity contribution >= 4 is 40.8 Å². The Balaban J connectivity index is 2.10. The number of ether oxygens (including phenoxy) is 2. The first-order valence-electron chi connectivity index (χ1n) is 10.5. The summed E-state index contributed by atoms with van der Waals surface area (Å²) in [6, 6.07) is 18.8. The van der Waals surface area contributed by atoms with Crippen LogP contribution in [0.5, 0.6) is 0 Å². The largest absolute Gasteiger partial charge is 0.466 e. The molecule has 0 saturated heterocycles. The van der Waals surface area contributed by atoms with E-state index in [1.807, 2.05) is 6.07 Å². The van der Waals surface area contributed by atoms with E-state index in [0.717, 1.165) is 24.1 Å². The highest BCUT2D eigenvalue weighted by atomic mass is 16.5. The second-order valence-electron chi connectivity index (χ2n) is 7.77. The second-order valence-corrected chi connectivity index (χ2v) is 7.77. The smallest absolute Gasteiger partial charge is 0.355 e. The van der Waals surface area contributed by atoms with Gasteiger partial charge in [0.1, 0.15) is 22.9 Å². The topological polar surface area (TPSA) is 136 Å². The number of hydrazone groups is 1. The number of hydrogen-bond donors (Lipinski definition) is 1. The summed E-state index contributed by atoms with van der Waals surface area (Å²) in [5.74, 6) is -4.64. The lowest BCUT2D eigenvalue weighted by atomic mass is 9.63. The monoisotopic (exact) mass is 471 g/mol. The number of hydrogen-bond acceptors (Lipinski definition) is 8. The van der Waals surface area contributed by atoms with Gasteiger partial charge in [0.05, 0.1) is 37.3 Å². The lowest BCUT2D eigenvalue weighted by Gasteiger charge is -2.43. The van der Waals surface area contributed by atoms with Crippen LogP contribution < -0.4 is 9.91 Å². The van der Waals surface area contributed by atoms with Gasteiger partial charge in [-0.2, -0.15) is 15.4 Å². The highest BCUT2D eigenvalue weighted by Crippen LogP contribution is 2.51. The van der Waals surface area contributed by atoms with E-state index in [1.54, 1.807) is 60.7 Å². The van der Waals surface area contributed by atoms with Gasteiger partial charge in [-0.25, -0.2) is 9.59 Å². The number of benzene rings is 2. The molecule has 2 unspecified atom stereocenters. The molecule has 2 atom stereocenters. The minimum Gasteiger partial charge on any atom is -0.466 e. The summed E-state index contributed by atoms with van der Waals surface area (Å²) in [5, 5.41) is 24.7. The Morgan fingerprint density at radius 1 is 1.00 bits per heavy atom. The number of nitrogens with one attached hydrogen (secondary N) is 1. The van der Waals surface area contributed by atoms with E-state index in [2.05, 4.69) is 5.10 Å². The van der Waals surface area contributed by atoms with Gasteiger partial charge in [0.15, 0.2) is 0 Å². The van der Waals surface area contributed by atoms with Crippen molar-refractivity contribution in [3.63, 3.8) is 0 Å². The van der Waals surface area contributed by atoms with Crippen LogP contribution in [0.3, 0.4) is 0 Å². The van der Waals surface area contributed by atoms with E-state index in [1.165, 1.54) is 6.92 Å². The van der Waals surface area contributed by atoms with Gasteiger partial charge in [0.25, 0.3) is 5.91 Å². The summed E-state index contributed by atoms with van der Waals surface area (Å²) in [6.45, 7) is 1.48. The zero-order chi connectivity index (χ0) is 25.3. The molecule has 0 aromatic heterocycles. The average Bonchev–Trinajstić information content (AvgIpc) is 3.14. The molecule has 2 aliphatic rings. The van der Waals surface area contributed by atoms with E-state index in [0.29, 0.717) is 11.4 Å². The second kappa shape index (κ2) is 8.87. The minimum absolute atomic E-state index is 0.0668. The first kappa shape index (κ1) is 23.4. The van der Waals surface area contributed by atoms with Crippen LogP contribution >= 0.6 is 0 Å². The minimum atomic E-state index is -2.08. The highest BCUT2D eigenvalue weighted by molar-refractivity contribution is 6.31. The van der Waals surface area contributed by atoms with Crippen molar-refractivity contribution in [2.24, 2.45) is 16.4 Å². The number of anilines is 2. The predicted octanol–water partition coefficient (Wildman–Crippen LogP) is 2.63. The number of amidine groups is 1. The van der Waals surface area contributed by atoms with Gasteiger partial charge < -0.3 is 9.47 Å². The third kappa shape index (κ3) is 3.28. The molecule has 176 valence electrons. The van der Waals surface area contributed by atoms with Crippen LogP contribution in [-0.4, -0.2) is 43.6 Å². The number of para-hydroxylation sites is 2. The fourth-order valence-electron chi connectivity index (χ4n) is 4.51. The molecule has 4 rings (SSSR count). The summed E-state index contributed by atoms with van der Waals surface area (Å²) in [5.41, 5.74) is -2.09. The average molecular weight is 471 g/mol. The molecule has 1 amide bonds. The lowest BCUT2D eigenvalue weighted by molar-refractivity contribution is -0.141. The molecule has 10 heteroatoms. The van der Waals surface area contributed by atoms with Crippen molar-refractivity contribution < 1.29 is 23.9 Å². The van der Waals surface area contributed by atoms with E-state index < -0.39 is 34.8 Å². The first-order chi connectivity index (χ1) is 16.8. The van der Waals surface area contributed by atoms with Gasteiger partial charge in [-0.1, -0.05) is 36.4 Å². The molecule has 0 radical (unpaired) electrons. The Morgan fingerprint density at radius 2 is 1.54 bits per heavy atom. The number of amides is 1. The maximum Gasteiger partial charge on any atom is 0.355 e. The molecule has 35 heavy (non-hydrogen) atoms. The number of nitriles is 1. The standard InChI is InChI=1S/C25H21N5O5/c1-15-25(24(33)30(28-15)17-12-8-5-9-13-17)18(14-26)21(27)29(16-10-6-4-7-11-16)20(23(32)35-3)19(25)22(31)34-2/h4-13,18,27H,1-3H3. The summed E-state index contributed by atoms with van der Waals surface area (Å²) < 4.78 is 9.99. The Kier molecular flexibility index (Phi) is 5.93. The van der Waals surface area contributed by atoms with Crippen LogP contribution in [-0.2, 0) is 23.9 Å². The molecule has 2 heterocycles. The summed E-state index contributed by atoms with van der Waals surface area (Å²) >= 11 is 0. The van der Waals surface area contributed by atoms with Crippen molar-refractivity contribution in [3.05, 3.63) is 71.9 Å². The Hall–Kier alpha value is -4.78. The van der Waals surface area contributed by atoms with E-state index in [4.69, 9.17) is 14.9 Å². The van der Waals surface area contributed by atoms with Crippen LogP contribution in [0.4, 0.5) is 11.4 Å². The lowest BCUT2D eigenvalue weighted by Crippen LogP contribution is -2.59. The maximum atomic E-state index is 14.1. The van der Waals surface area contributed by atoms with Crippen molar-refractivity contribution in [1.82, 2.24) is 0 Å². The van der Waals surface area contributed by atoms with Gasteiger partial charge in [0, 0.05) is 5.69 Å². The molecule has 10 nitrogen and oxygen atoms in total. The van der Waals surface area contributed by atoms with Crippen LogP contribution in [0, 0.1) is 28.1 Å². The Bertz CT molecular complexity index is 1330. The van der Waals surface area contributed by atoms with Crippen LogP contribution in [0.2, 0.25) is 0 Å². The molecular weight excluding hydrogens is 450 g/mol. The first-order valence-corrected chi connectivity index (χ1v) is 10.5. The van der Waals surface area contributed by atoms with Gasteiger partial charge in [-0.15, -0.1) is 0 Å². The van der Waals surface area contributed by atoms with E-state index in [9.17, 15) is 19.6 Å². The molecule has 2 aliphatic heterocycles. The molecule has 2 aromatic carbocycles. The number of esters is 2. The van der Waals surface area contributed by atoms with Crippen molar-refractivity contribution in [1.29, 1.82) is 10.7 Å². The van der Waals surface area contributed by atoms with Crippen LogP contribution in [0.1, 0.15) is 6.92 Å². The van der Waals surface area contributed by atoms with Crippen LogP contribution in [0.25, 0.3) is 0 Å².